The maximum absolute atomic E-state index is 13.4. The van der Waals surface area contributed by atoms with Crippen molar-refractivity contribution in [2.45, 2.75) is 31.6 Å². The highest BCUT2D eigenvalue weighted by molar-refractivity contribution is 9.11. The Kier molecular flexibility index (Phi) is 6.08. The van der Waals surface area contributed by atoms with Crippen LogP contribution < -0.4 is 10.5 Å². The van der Waals surface area contributed by atoms with Crippen LogP contribution >= 0.6 is 31.9 Å². The third-order valence-electron chi connectivity index (χ3n) is 5.04. The Bertz CT molecular complexity index is 1410. The fraction of sp³-hybridized carbons (Fsp3) is 0.174. The zero-order valence-electron chi connectivity index (χ0n) is 17.6. The first-order valence-corrected chi connectivity index (χ1v) is 12.9. The van der Waals surface area contributed by atoms with Gasteiger partial charge in [-0.1, -0.05) is 31.5 Å². The summed E-state index contributed by atoms with van der Waals surface area (Å²) in [6.45, 7) is 5.92. The molecule has 0 amide bonds. The molecule has 0 bridgehead atoms. The van der Waals surface area contributed by atoms with Gasteiger partial charge in [0.15, 0.2) is 5.75 Å². The zero-order chi connectivity index (χ0) is 23.2. The summed E-state index contributed by atoms with van der Waals surface area (Å²) in [5.74, 6) is 0.935. The lowest BCUT2D eigenvalue weighted by molar-refractivity contribution is 0.459. The third-order valence-corrected chi connectivity index (χ3v) is 7.91. The molecule has 2 N–H and O–H groups in total. The molecule has 0 spiro atoms. The Morgan fingerprint density at radius 2 is 1.66 bits per heavy atom. The standard InChI is InChI=1S/C23H21Br2N3O3S/c1-13(2)17-12-28(32(29,30)16-6-4-14(3)5-7-16)20-8-9-21(27-22(17)20)31-23-18(24)10-15(26)11-19(23)25/h4-13H,26H2,1-3H3. The Hall–Kier alpha value is -2.36. The van der Waals surface area contributed by atoms with E-state index in [-0.39, 0.29) is 10.8 Å². The van der Waals surface area contributed by atoms with E-state index in [0.717, 1.165) is 11.1 Å². The van der Waals surface area contributed by atoms with Gasteiger partial charge in [-0.2, -0.15) is 0 Å². The van der Waals surface area contributed by atoms with Gasteiger partial charge in [-0.15, -0.1) is 0 Å². The maximum atomic E-state index is 13.4. The highest BCUT2D eigenvalue weighted by atomic mass is 79.9. The molecule has 6 nitrogen and oxygen atoms in total. The van der Waals surface area contributed by atoms with E-state index in [2.05, 4.69) is 36.8 Å². The first kappa shape index (κ1) is 22.8. The number of nitrogens with two attached hydrogens (primary N) is 1. The number of pyridine rings is 1. The largest absolute Gasteiger partial charge is 0.437 e. The molecule has 2 heterocycles. The van der Waals surface area contributed by atoms with E-state index in [0.29, 0.717) is 37.3 Å². The first-order chi connectivity index (χ1) is 15.1. The van der Waals surface area contributed by atoms with Crippen molar-refractivity contribution in [1.29, 1.82) is 0 Å². The molecule has 0 aliphatic rings. The Morgan fingerprint density at radius 3 is 2.25 bits per heavy atom. The van der Waals surface area contributed by atoms with Gasteiger partial charge in [-0.25, -0.2) is 17.4 Å². The van der Waals surface area contributed by atoms with Gasteiger partial charge in [0.05, 0.1) is 24.9 Å². The quantitative estimate of drug-likeness (QED) is 0.269. The lowest BCUT2D eigenvalue weighted by Gasteiger charge is -2.11. The van der Waals surface area contributed by atoms with E-state index in [9.17, 15) is 8.42 Å². The summed E-state index contributed by atoms with van der Waals surface area (Å²) < 4.78 is 35.4. The van der Waals surface area contributed by atoms with Crippen molar-refractivity contribution in [2.24, 2.45) is 0 Å². The lowest BCUT2D eigenvalue weighted by atomic mass is 10.1. The van der Waals surface area contributed by atoms with Gasteiger partial charge in [-0.05, 0) is 75.0 Å². The summed E-state index contributed by atoms with van der Waals surface area (Å²) in [5.41, 5.74) is 9.33. The topological polar surface area (TPSA) is 87.2 Å². The number of nitrogens with zero attached hydrogens (tertiary/aromatic N) is 2. The van der Waals surface area contributed by atoms with Crippen LogP contribution in [0.4, 0.5) is 5.69 Å². The monoisotopic (exact) mass is 577 g/mol. The van der Waals surface area contributed by atoms with Crippen molar-refractivity contribution in [1.82, 2.24) is 8.96 Å². The van der Waals surface area contributed by atoms with Crippen LogP contribution in [0.25, 0.3) is 11.0 Å². The normalized spacial score (nSPS) is 11.9. The second-order valence-electron chi connectivity index (χ2n) is 7.79. The fourth-order valence-electron chi connectivity index (χ4n) is 3.36. The molecule has 0 aliphatic heterocycles. The number of aryl methyl sites for hydroxylation is 1. The van der Waals surface area contributed by atoms with E-state index in [1.165, 1.54) is 3.97 Å². The molecule has 0 atom stereocenters. The number of hydrogen-bond donors (Lipinski definition) is 1. The first-order valence-electron chi connectivity index (χ1n) is 9.84. The van der Waals surface area contributed by atoms with Crippen molar-refractivity contribution in [2.75, 3.05) is 5.73 Å². The van der Waals surface area contributed by atoms with Crippen LogP contribution in [0, 0.1) is 6.92 Å². The van der Waals surface area contributed by atoms with Crippen molar-refractivity contribution < 1.29 is 13.2 Å². The van der Waals surface area contributed by atoms with Gasteiger partial charge in [0, 0.05) is 23.5 Å². The van der Waals surface area contributed by atoms with Crippen LogP contribution in [0.5, 0.6) is 11.6 Å². The summed E-state index contributed by atoms with van der Waals surface area (Å²) in [6, 6.07) is 13.7. The minimum Gasteiger partial charge on any atom is -0.437 e. The Labute approximate surface area is 203 Å². The number of halogens is 2. The van der Waals surface area contributed by atoms with Crippen molar-refractivity contribution >= 4 is 58.6 Å². The van der Waals surface area contributed by atoms with Crippen LogP contribution in [0.15, 0.2) is 68.6 Å². The van der Waals surface area contributed by atoms with Gasteiger partial charge in [0.2, 0.25) is 5.88 Å². The number of fused-ring (bicyclic) bond motifs is 1. The van der Waals surface area contributed by atoms with Crippen LogP contribution in [0.2, 0.25) is 0 Å². The highest BCUT2D eigenvalue weighted by Gasteiger charge is 2.24. The molecule has 0 radical (unpaired) electrons. The van der Waals surface area contributed by atoms with Gasteiger partial charge < -0.3 is 10.5 Å². The Morgan fingerprint density at radius 1 is 1.03 bits per heavy atom. The molecular weight excluding hydrogens is 558 g/mol. The van der Waals surface area contributed by atoms with E-state index in [1.807, 2.05) is 20.8 Å². The third kappa shape index (κ3) is 4.16. The number of nitrogen functional groups attached to an aromatic ring is 1. The SMILES string of the molecule is Cc1ccc(S(=O)(=O)n2cc(C(C)C)c3nc(Oc4c(Br)cc(N)cc4Br)ccc32)cc1. The summed E-state index contributed by atoms with van der Waals surface area (Å²) >= 11 is 6.92. The average Bonchev–Trinajstić information content (AvgIpc) is 3.11. The van der Waals surface area contributed by atoms with Crippen LogP contribution in [-0.4, -0.2) is 17.4 Å². The maximum Gasteiger partial charge on any atom is 0.268 e. The number of ether oxygens (including phenoxy) is 1. The van der Waals surface area contributed by atoms with Crippen molar-refractivity contribution in [3.8, 4) is 11.6 Å². The smallest absolute Gasteiger partial charge is 0.268 e. The predicted octanol–water partition coefficient (Wildman–Crippen LogP) is 6.60. The molecule has 4 rings (SSSR count). The average molecular weight is 579 g/mol. The van der Waals surface area contributed by atoms with Crippen molar-refractivity contribution in [3.63, 3.8) is 0 Å². The minimum absolute atomic E-state index is 0.0599. The number of rotatable bonds is 5. The Balaban J connectivity index is 1.84. The van der Waals surface area contributed by atoms with Crippen molar-refractivity contribution in [3.05, 3.63) is 74.8 Å². The molecule has 9 heteroatoms. The van der Waals surface area contributed by atoms with E-state index < -0.39 is 10.0 Å². The molecular formula is C23H21Br2N3O3S. The lowest BCUT2D eigenvalue weighted by Crippen LogP contribution is -2.12. The number of anilines is 1. The number of benzene rings is 2. The minimum atomic E-state index is -3.78. The highest BCUT2D eigenvalue weighted by Crippen LogP contribution is 2.39. The molecule has 0 saturated carbocycles. The molecule has 0 fully saturated rings. The summed E-state index contributed by atoms with van der Waals surface area (Å²) in [5, 5.41) is 0. The molecule has 2 aromatic heterocycles. The summed E-state index contributed by atoms with van der Waals surface area (Å²) in [4.78, 5) is 4.89. The second kappa shape index (κ2) is 8.53. The summed E-state index contributed by atoms with van der Waals surface area (Å²) in [7, 11) is -3.78. The van der Waals surface area contributed by atoms with Crippen LogP contribution in [0.1, 0.15) is 30.9 Å². The molecule has 32 heavy (non-hydrogen) atoms. The second-order valence-corrected chi connectivity index (χ2v) is 11.3. The van der Waals surface area contributed by atoms with Crippen LogP contribution in [0.3, 0.4) is 0 Å². The number of hydrogen-bond acceptors (Lipinski definition) is 5. The van der Waals surface area contributed by atoms with E-state index in [1.54, 1.807) is 54.7 Å². The van der Waals surface area contributed by atoms with E-state index >= 15 is 0 Å². The van der Waals surface area contributed by atoms with Gasteiger partial charge in [0.25, 0.3) is 10.0 Å². The van der Waals surface area contributed by atoms with Gasteiger partial charge >= 0.3 is 0 Å². The molecule has 2 aromatic carbocycles. The zero-order valence-corrected chi connectivity index (χ0v) is 21.6. The van der Waals surface area contributed by atoms with Gasteiger partial charge in [0.1, 0.15) is 0 Å². The molecule has 0 unspecified atom stereocenters. The van der Waals surface area contributed by atoms with Gasteiger partial charge in [-0.3, -0.25) is 0 Å². The van der Waals surface area contributed by atoms with E-state index in [4.69, 9.17) is 10.5 Å². The molecule has 0 saturated heterocycles. The molecule has 0 aliphatic carbocycles. The number of aromatic nitrogens is 2. The molecule has 4 aromatic rings. The fourth-order valence-corrected chi connectivity index (χ4v) is 6.11. The molecule has 166 valence electrons. The predicted molar refractivity (Wildman–Crippen MR) is 134 cm³/mol. The summed E-state index contributed by atoms with van der Waals surface area (Å²) in [6.07, 6.45) is 1.65. The van der Waals surface area contributed by atoms with Crippen LogP contribution in [-0.2, 0) is 10.0 Å².